The quantitative estimate of drug-likeness (QED) is 0.0140. The summed E-state index contributed by atoms with van der Waals surface area (Å²) in [5.74, 6) is -16.3. The molecule has 30 heteroatoms. The normalized spacial score (nSPS) is 14.7. The maximum absolute atomic E-state index is 15.1. The number of alkyl carbamates (subject to hydrolysis) is 1. The molecule has 83 heavy (non-hydrogen) atoms. The van der Waals surface area contributed by atoms with E-state index in [0.29, 0.717) is 11.3 Å². The molecule has 0 spiro atoms. The first kappa shape index (κ1) is 62.7. The molecule has 0 bridgehead atoms. The number of anilines is 2. The Kier molecular flexibility index (Phi) is 21.8. The second-order valence-corrected chi connectivity index (χ2v) is 18.3. The van der Waals surface area contributed by atoms with Gasteiger partial charge >= 0.3 is 18.2 Å². The van der Waals surface area contributed by atoms with Crippen LogP contribution < -0.4 is 42.0 Å². The first-order chi connectivity index (χ1) is 39.4. The van der Waals surface area contributed by atoms with Crippen molar-refractivity contribution in [3.8, 4) is 5.75 Å². The minimum atomic E-state index is -1.87. The number of carbonyl (C=O) groups excluding carboxylic acids is 8. The summed E-state index contributed by atoms with van der Waals surface area (Å²) in [5.41, 5.74) is 5.63. The highest BCUT2D eigenvalue weighted by Gasteiger charge is 2.47. The predicted octanol–water partition coefficient (Wildman–Crippen LogP) is 4.40. The molecule has 0 fully saturated rings. The maximum atomic E-state index is 15.1. The second kappa shape index (κ2) is 28.8. The highest BCUT2D eigenvalue weighted by Crippen LogP contribution is 2.48. The van der Waals surface area contributed by atoms with Gasteiger partial charge in [0.2, 0.25) is 46.9 Å². The summed E-state index contributed by atoms with van der Waals surface area (Å²) in [6.45, 7) is 2.58. The van der Waals surface area contributed by atoms with Crippen molar-refractivity contribution in [3.05, 3.63) is 136 Å². The number of ether oxygens (including phenoxy) is 5. The van der Waals surface area contributed by atoms with Crippen molar-refractivity contribution in [3.63, 3.8) is 0 Å². The number of aromatic nitrogens is 3. The van der Waals surface area contributed by atoms with E-state index in [-0.39, 0.29) is 80.4 Å². The third kappa shape index (κ3) is 16.6. The Labute approximate surface area is 468 Å². The first-order valence-electron chi connectivity index (χ1n) is 25.1. The van der Waals surface area contributed by atoms with E-state index in [1.54, 1.807) is 0 Å². The molecular weight excluding hydrogens is 1110 g/mol. The van der Waals surface area contributed by atoms with E-state index in [1.807, 2.05) is 0 Å². The molecule has 8 N–H and O–H groups in total. The average molecular weight is 1170 g/mol. The number of halogens is 6. The molecule has 5 atom stereocenters. The van der Waals surface area contributed by atoms with Crippen LogP contribution in [0.4, 0.5) is 47.3 Å². The molecule has 1 aliphatic heterocycles. The summed E-state index contributed by atoms with van der Waals surface area (Å²) in [4.78, 5) is 107. The monoisotopic (exact) mass is 1170 g/mol. The van der Waals surface area contributed by atoms with Crippen LogP contribution in [0.3, 0.4) is 0 Å². The van der Waals surface area contributed by atoms with Crippen molar-refractivity contribution in [1.29, 1.82) is 5.41 Å². The fraction of sp³-hybridized carbons (Fsp3) is 0.340. The fourth-order valence-electron chi connectivity index (χ4n) is 8.07. The first-order valence-corrected chi connectivity index (χ1v) is 25.1. The number of benzene rings is 4. The topological polar surface area (TPSA) is 327 Å². The smallest absolute Gasteiger partial charge is 0.414 e. The van der Waals surface area contributed by atoms with Crippen LogP contribution in [0.25, 0.3) is 0 Å². The molecule has 2 heterocycles. The van der Waals surface area contributed by atoms with Crippen molar-refractivity contribution < 1.29 is 88.4 Å². The van der Waals surface area contributed by atoms with Gasteiger partial charge in [-0.2, -0.15) is 13.9 Å². The molecule has 0 saturated carbocycles. The molecular formula is C53H55F6N11O13. The van der Waals surface area contributed by atoms with Crippen molar-refractivity contribution >= 4 is 64.8 Å². The molecule has 0 unspecified atom stereocenters. The van der Waals surface area contributed by atoms with E-state index in [2.05, 4.69) is 41.4 Å². The Bertz CT molecular complexity index is 3220. The van der Waals surface area contributed by atoms with E-state index in [4.69, 9.17) is 24.7 Å². The zero-order chi connectivity index (χ0) is 60.7. The van der Waals surface area contributed by atoms with E-state index >= 15 is 4.39 Å². The van der Waals surface area contributed by atoms with Gasteiger partial charge in [0, 0.05) is 30.8 Å². The van der Waals surface area contributed by atoms with Crippen LogP contribution in [-0.4, -0.2) is 126 Å². The van der Waals surface area contributed by atoms with Gasteiger partial charge in [-0.25, -0.2) is 32.1 Å². The zero-order valence-corrected chi connectivity index (χ0v) is 44.6. The highest BCUT2D eigenvalue weighted by atomic mass is 19.2. The number of hydrogen-bond donors (Lipinski definition) is 7. The molecule has 6 rings (SSSR count). The Morgan fingerprint density at radius 2 is 1.31 bits per heavy atom. The standard InChI is InChI=1S/C53H55F6N11O13/c1-26(65-38(71)13-16-79-19-20-80-17-14-39(72)83-46-42(58)35(56)23-36(57)43(46)59)49(74)66-27(2)50(75)67-28(3)51(76)68-33-11-5-29(6-12-33)24-82-52(77)62-15-18-81-53(78)70-37-22-32(55)21-34(47(61)73)40(37)44(60)41(48-63-25-64-69(48)4)45(70)30-7-9-31(54)10-8-30/h5-12,21-23,25-28,41,45,60H,13-20,24H2,1-4H3,(H2,61,73)(H,62,77)(H,65,71)(H,66,74)(H,67,75)(H,68,76)/t26-,27-,28-,41-,45+/m0/s1. The summed E-state index contributed by atoms with van der Waals surface area (Å²) < 4.78 is 110. The van der Waals surface area contributed by atoms with Gasteiger partial charge in [0.15, 0.2) is 11.6 Å². The lowest BCUT2D eigenvalue weighted by Crippen LogP contribution is -2.54. The van der Waals surface area contributed by atoms with Gasteiger partial charge in [-0.15, -0.1) is 0 Å². The van der Waals surface area contributed by atoms with Crippen molar-refractivity contribution in [1.82, 2.24) is 36.0 Å². The molecule has 0 radical (unpaired) electrons. The number of fused-ring (bicyclic) bond motifs is 1. The number of carbonyl (C=O) groups is 8. The lowest BCUT2D eigenvalue weighted by atomic mass is 9.78. The van der Waals surface area contributed by atoms with E-state index in [9.17, 15) is 65.7 Å². The summed E-state index contributed by atoms with van der Waals surface area (Å²) in [6, 6.07) is 8.24. The number of amides is 7. The third-order valence-electron chi connectivity index (χ3n) is 12.3. The summed E-state index contributed by atoms with van der Waals surface area (Å²) in [7, 11) is 1.54. The largest absolute Gasteiger partial charge is 0.447 e. The summed E-state index contributed by atoms with van der Waals surface area (Å²) >= 11 is 0. The number of nitrogens with two attached hydrogens (primary N) is 1. The van der Waals surface area contributed by atoms with Crippen LogP contribution in [0.1, 0.15) is 78.4 Å². The molecule has 4 aromatic carbocycles. The number of nitrogens with one attached hydrogen (secondary N) is 6. The molecule has 0 aliphatic carbocycles. The number of hydrogen-bond acceptors (Lipinski definition) is 16. The molecule has 442 valence electrons. The lowest BCUT2D eigenvalue weighted by Gasteiger charge is -2.42. The second-order valence-electron chi connectivity index (χ2n) is 18.3. The molecule has 5 aromatic rings. The number of rotatable bonds is 25. The minimum Gasteiger partial charge on any atom is -0.447 e. The highest BCUT2D eigenvalue weighted by molar-refractivity contribution is 6.18. The van der Waals surface area contributed by atoms with Crippen molar-refractivity contribution in [2.24, 2.45) is 12.8 Å². The van der Waals surface area contributed by atoms with Crippen molar-refractivity contribution in [2.75, 3.05) is 49.8 Å². The Hall–Kier alpha value is -9.45. The van der Waals surface area contributed by atoms with Gasteiger partial charge in [-0.3, -0.25) is 38.3 Å². The summed E-state index contributed by atoms with van der Waals surface area (Å²) in [6.07, 6.45) is -1.52. The lowest BCUT2D eigenvalue weighted by molar-refractivity contribution is -0.136. The van der Waals surface area contributed by atoms with Crippen LogP contribution in [0.5, 0.6) is 5.75 Å². The molecule has 0 saturated heterocycles. The van der Waals surface area contributed by atoms with E-state index < -0.39 is 137 Å². The van der Waals surface area contributed by atoms with Gasteiger partial charge in [-0.1, -0.05) is 24.3 Å². The summed E-state index contributed by atoms with van der Waals surface area (Å²) in [5, 5.41) is 25.8. The Balaban J connectivity index is 0.877. The van der Waals surface area contributed by atoms with E-state index in [1.165, 1.54) is 75.2 Å². The fourth-order valence-corrected chi connectivity index (χ4v) is 8.07. The van der Waals surface area contributed by atoms with Crippen LogP contribution in [0, 0.1) is 40.3 Å². The average Bonchev–Trinajstić information content (AvgIpc) is 1.88. The van der Waals surface area contributed by atoms with Crippen LogP contribution >= 0.6 is 0 Å². The maximum Gasteiger partial charge on any atom is 0.414 e. The Morgan fingerprint density at radius 3 is 1.92 bits per heavy atom. The van der Waals surface area contributed by atoms with Crippen LogP contribution in [0.15, 0.2) is 73.1 Å². The SMILES string of the molecule is C[C@H](NC(=O)CCOCCOCCC(=O)Oc1c(F)c(F)cc(F)c1F)C(=O)N[C@@H](C)C(=O)N[C@@H](C)C(=O)Nc1ccc(COC(=O)NCCOC(=O)N2c3cc(F)cc(C(N)=O)c3C(=N)[C@H](c3ncnn3C)[C@H]2c2ccc(F)cc2)cc1. The van der Waals surface area contributed by atoms with Crippen LogP contribution in [0.2, 0.25) is 0 Å². The number of primary amides is 1. The predicted molar refractivity (Wildman–Crippen MR) is 277 cm³/mol. The molecule has 24 nitrogen and oxygen atoms in total. The molecule has 7 amide bonds. The number of esters is 1. The zero-order valence-electron chi connectivity index (χ0n) is 44.6. The molecule has 1 aromatic heterocycles. The van der Waals surface area contributed by atoms with Crippen molar-refractivity contribution in [2.45, 2.75) is 70.3 Å². The number of aryl methyl sites for hydroxylation is 1. The van der Waals surface area contributed by atoms with Gasteiger partial charge in [0.05, 0.1) is 68.3 Å². The van der Waals surface area contributed by atoms with Crippen LogP contribution in [-0.2, 0) is 56.6 Å². The van der Waals surface area contributed by atoms with Gasteiger partial charge in [-0.05, 0) is 68.3 Å². The third-order valence-corrected chi connectivity index (χ3v) is 12.3. The van der Waals surface area contributed by atoms with Gasteiger partial charge < -0.3 is 61.4 Å². The number of nitrogens with zero attached hydrogens (tertiary/aromatic N) is 4. The minimum absolute atomic E-state index is 0.0374. The molecule has 1 aliphatic rings. The van der Waals surface area contributed by atoms with E-state index in [0.717, 1.165) is 29.2 Å². The van der Waals surface area contributed by atoms with Gasteiger partial charge in [0.1, 0.15) is 55.1 Å². The van der Waals surface area contributed by atoms with Gasteiger partial charge in [0.25, 0.3) is 0 Å². The Morgan fingerprint density at radius 1 is 0.711 bits per heavy atom.